The van der Waals surface area contributed by atoms with Gasteiger partial charge in [-0.2, -0.15) is 0 Å². The van der Waals surface area contributed by atoms with E-state index in [1.54, 1.807) is 0 Å². The quantitative estimate of drug-likeness (QED) is 0.784. The second kappa shape index (κ2) is 5.29. The molecule has 0 radical (unpaired) electrons. The first-order valence-electron chi connectivity index (χ1n) is 5.81. The van der Waals surface area contributed by atoms with Crippen molar-refractivity contribution in [2.75, 3.05) is 6.54 Å². The van der Waals surface area contributed by atoms with Gasteiger partial charge in [0.2, 0.25) is 0 Å². The van der Waals surface area contributed by atoms with Crippen LogP contribution in [0.5, 0.6) is 0 Å². The van der Waals surface area contributed by atoms with Crippen LogP contribution in [0.3, 0.4) is 0 Å². The minimum atomic E-state index is -0.124. The number of hydrogen-bond donors (Lipinski definition) is 2. The summed E-state index contributed by atoms with van der Waals surface area (Å²) in [6.45, 7) is 0.964. The minimum absolute atomic E-state index is 0.124. The van der Waals surface area contributed by atoms with Crippen LogP contribution in [0.2, 0.25) is 0 Å². The Kier molecular flexibility index (Phi) is 3.75. The van der Waals surface area contributed by atoms with Gasteiger partial charge in [-0.25, -0.2) is 0 Å². The molecule has 0 aliphatic heterocycles. The predicted octanol–water partition coefficient (Wildman–Crippen LogP) is 1.73. The van der Waals surface area contributed by atoms with E-state index in [1.807, 2.05) is 6.07 Å². The zero-order valence-corrected chi connectivity index (χ0v) is 9.02. The summed E-state index contributed by atoms with van der Waals surface area (Å²) in [5.74, 6) is 0. The van der Waals surface area contributed by atoms with Crippen molar-refractivity contribution in [3.05, 3.63) is 35.9 Å². The highest BCUT2D eigenvalue weighted by molar-refractivity contribution is 5.14. The van der Waals surface area contributed by atoms with Crippen molar-refractivity contribution >= 4 is 0 Å². The molecule has 1 unspecified atom stereocenters. The first-order chi connectivity index (χ1) is 7.36. The Morgan fingerprint density at radius 2 is 2.00 bits per heavy atom. The maximum Gasteiger partial charge on any atom is 0.0693 e. The van der Waals surface area contributed by atoms with Crippen LogP contribution in [-0.2, 0) is 6.42 Å². The summed E-state index contributed by atoms with van der Waals surface area (Å²) >= 11 is 0. The number of aliphatic hydroxyl groups excluding tert-OH is 1. The standard InChI is InChI=1S/C13H19NO/c15-13-8-4-7-12(13)14-10-9-11-5-2-1-3-6-11/h1-3,5-6,12-15H,4,7-10H2/t12?,13-/m0/s1. The molecule has 0 spiro atoms. The van der Waals surface area contributed by atoms with Crippen LogP contribution in [-0.4, -0.2) is 23.8 Å². The Morgan fingerprint density at radius 1 is 1.20 bits per heavy atom. The predicted molar refractivity (Wildman–Crippen MR) is 61.8 cm³/mol. The Bertz CT molecular complexity index is 286. The van der Waals surface area contributed by atoms with Gasteiger partial charge in [0, 0.05) is 6.04 Å². The first kappa shape index (κ1) is 10.7. The zero-order chi connectivity index (χ0) is 10.5. The molecule has 0 bridgehead atoms. The van der Waals surface area contributed by atoms with Gasteiger partial charge in [0.25, 0.3) is 0 Å². The van der Waals surface area contributed by atoms with E-state index in [-0.39, 0.29) is 6.10 Å². The van der Waals surface area contributed by atoms with Crippen LogP contribution >= 0.6 is 0 Å². The van der Waals surface area contributed by atoms with Crippen LogP contribution in [0, 0.1) is 0 Å². The normalized spacial score (nSPS) is 25.7. The molecule has 2 rings (SSSR count). The van der Waals surface area contributed by atoms with Crippen molar-refractivity contribution in [2.45, 2.75) is 37.8 Å². The molecule has 1 aromatic rings. The fraction of sp³-hybridized carbons (Fsp3) is 0.538. The largest absolute Gasteiger partial charge is 0.392 e. The van der Waals surface area contributed by atoms with Gasteiger partial charge in [-0.3, -0.25) is 0 Å². The van der Waals surface area contributed by atoms with E-state index >= 15 is 0 Å². The lowest BCUT2D eigenvalue weighted by atomic mass is 10.1. The highest BCUT2D eigenvalue weighted by Crippen LogP contribution is 2.18. The molecule has 15 heavy (non-hydrogen) atoms. The molecule has 2 nitrogen and oxygen atoms in total. The number of benzene rings is 1. The molecule has 1 saturated carbocycles. The molecule has 0 aromatic heterocycles. The molecule has 0 amide bonds. The average molecular weight is 205 g/mol. The molecule has 2 N–H and O–H groups in total. The number of nitrogens with one attached hydrogen (secondary N) is 1. The van der Waals surface area contributed by atoms with Crippen molar-refractivity contribution < 1.29 is 5.11 Å². The fourth-order valence-electron chi connectivity index (χ4n) is 2.23. The molecular formula is C13H19NO. The summed E-state index contributed by atoms with van der Waals surface area (Å²) in [6.07, 6.45) is 4.16. The van der Waals surface area contributed by atoms with Gasteiger partial charge in [-0.1, -0.05) is 30.3 Å². The molecule has 2 atom stereocenters. The van der Waals surface area contributed by atoms with Gasteiger partial charge < -0.3 is 10.4 Å². The molecule has 1 aromatic carbocycles. The highest BCUT2D eigenvalue weighted by Gasteiger charge is 2.23. The van der Waals surface area contributed by atoms with Gasteiger partial charge in [0.15, 0.2) is 0 Å². The topological polar surface area (TPSA) is 32.3 Å². The molecule has 1 aliphatic rings. The van der Waals surface area contributed by atoms with E-state index in [9.17, 15) is 5.11 Å². The summed E-state index contributed by atoms with van der Waals surface area (Å²) < 4.78 is 0. The van der Waals surface area contributed by atoms with E-state index in [1.165, 1.54) is 5.56 Å². The van der Waals surface area contributed by atoms with Crippen LogP contribution in [0.4, 0.5) is 0 Å². The van der Waals surface area contributed by atoms with E-state index in [0.717, 1.165) is 32.2 Å². The zero-order valence-electron chi connectivity index (χ0n) is 9.02. The number of rotatable bonds is 4. The van der Waals surface area contributed by atoms with Gasteiger partial charge >= 0.3 is 0 Å². The van der Waals surface area contributed by atoms with Crippen LogP contribution < -0.4 is 5.32 Å². The Hall–Kier alpha value is -0.860. The van der Waals surface area contributed by atoms with E-state index in [4.69, 9.17) is 0 Å². The summed E-state index contributed by atoms with van der Waals surface area (Å²) in [7, 11) is 0. The van der Waals surface area contributed by atoms with E-state index in [0.29, 0.717) is 6.04 Å². The second-order valence-electron chi connectivity index (χ2n) is 4.29. The van der Waals surface area contributed by atoms with Crippen molar-refractivity contribution in [1.82, 2.24) is 5.32 Å². The van der Waals surface area contributed by atoms with E-state index in [2.05, 4.69) is 29.6 Å². The summed E-state index contributed by atoms with van der Waals surface area (Å²) in [5, 5.41) is 13.1. The molecule has 1 aliphatic carbocycles. The van der Waals surface area contributed by atoms with Gasteiger partial charge in [0.1, 0.15) is 0 Å². The molecule has 0 heterocycles. The highest BCUT2D eigenvalue weighted by atomic mass is 16.3. The SMILES string of the molecule is O[C@H]1CCCC1NCCc1ccccc1. The van der Waals surface area contributed by atoms with Crippen molar-refractivity contribution in [3.63, 3.8) is 0 Å². The third-order valence-electron chi connectivity index (χ3n) is 3.14. The monoisotopic (exact) mass is 205 g/mol. The Labute approximate surface area is 91.3 Å². The molecule has 0 saturated heterocycles. The van der Waals surface area contributed by atoms with Crippen molar-refractivity contribution in [2.24, 2.45) is 0 Å². The third-order valence-corrected chi connectivity index (χ3v) is 3.14. The number of aliphatic hydroxyl groups is 1. The lowest BCUT2D eigenvalue weighted by Crippen LogP contribution is -2.36. The molecular weight excluding hydrogens is 186 g/mol. The third kappa shape index (κ3) is 3.05. The Balaban J connectivity index is 1.71. The Morgan fingerprint density at radius 3 is 2.67 bits per heavy atom. The van der Waals surface area contributed by atoms with Gasteiger partial charge in [-0.15, -0.1) is 0 Å². The maximum atomic E-state index is 9.62. The van der Waals surface area contributed by atoms with Crippen LogP contribution in [0.25, 0.3) is 0 Å². The maximum absolute atomic E-state index is 9.62. The van der Waals surface area contributed by atoms with Crippen molar-refractivity contribution in [1.29, 1.82) is 0 Å². The minimum Gasteiger partial charge on any atom is -0.392 e. The lowest BCUT2D eigenvalue weighted by molar-refractivity contribution is 0.149. The van der Waals surface area contributed by atoms with Crippen LogP contribution in [0.1, 0.15) is 24.8 Å². The smallest absolute Gasteiger partial charge is 0.0693 e. The fourth-order valence-corrected chi connectivity index (χ4v) is 2.23. The molecule has 82 valence electrons. The lowest BCUT2D eigenvalue weighted by Gasteiger charge is -2.16. The molecule has 2 heteroatoms. The summed E-state index contributed by atoms with van der Waals surface area (Å²) in [4.78, 5) is 0. The average Bonchev–Trinajstić information content (AvgIpc) is 2.66. The summed E-state index contributed by atoms with van der Waals surface area (Å²) in [6, 6.07) is 10.8. The van der Waals surface area contributed by atoms with Gasteiger partial charge in [0.05, 0.1) is 6.10 Å². The first-order valence-corrected chi connectivity index (χ1v) is 5.81. The second-order valence-corrected chi connectivity index (χ2v) is 4.29. The van der Waals surface area contributed by atoms with Gasteiger partial charge in [-0.05, 0) is 37.8 Å². The van der Waals surface area contributed by atoms with Crippen LogP contribution in [0.15, 0.2) is 30.3 Å². The van der Waals surface area contributed by atoms with Crippen molar-refractivity contribution in [3.8, 4) is 0 Å². The summed E-state index contributed by atoms with van der Waals surface area (Å²) in [5.41, 5.74) is 1.36. The molecule has 1 fully saturated rings. The number of hydrogen-bond acceptors (Lipinski definition) is 2. The van der Waals surface area contributed by atoms with E-state index < -0.39 is 0 Å².